The van der Waals surface area contributed by atoms with Crippen LogP contribution in [-0.2, 0) is 4.74 Å². The zero-order valence-electron chi connectivity index (χ0n) is 13.2. The summed E-state index contributed by atoms with van der Waals surface area (Å²) < 4.78 is 5.21. The predicted octanol–water partition coefficient (Wildman–Crippen LogP) is 1.75. The van der Waals surface area contributed by atoms with Gasteiger partial charge in [-0.15, -0.1) is 0 Å². The summed E-state index contributed by atoms with van der Waals surface area (Å²) in [6.07, 6.45) is 3.40. The third kappa shape index (κ3) is 6.81. The fourth-order valence-electron chi connectivity index (χ4n) is 2.10. The highest BCUT2D eigenvalue weighted by molar-refractivity contribution is 7.98. The average molecular weight is 304 g/mol. The molecule has 0 saturated heterocycles. The minimum absolute atomic E-state index is 0.174. The smallest absolute Gasteiger partial charge is 0.407 e. The molecule has 1 atom stereocenters. The molecule has 1 saturated carbocycles. The van der Waals surface area contributed by atoms with Crippen molar-refractivity contribution in [1.82, 2.24) is 10.6 Å². The van der Waals surface area contributed by atoms with E-state index in [9.17, 15) is 9.90 Å². The summed E-state index contributed by atoms with van der Waals surface area (Å²) in [5.74, 6) is 0.715. The Bertz CT molecular complexity index is 323. The molecule has 0 heterocycles. The molecule has 1 unspecified atom stereocenters. The van der Waals surface area contributed by atoms with Crippen LogP contribution in [0.15, 0.2) is 0 Å². The van der Waals surface area contributed by atoms with Crippen LogP contribution in [-0.4, -0.2) is 53.0 Å². The van der Waals surface area contributed by atoms with Gasteiger partial charge in [0, 0.05) is 24.4 Å². The molecule has 0 radical (unpaired) electrons. The van der Waals surface area contributed by atoms with Gasteiger partial charge in [-0.05, 0) is 46.8 Å². The van der Waals surface area contributed by atoms with E-state index >= 15 is 0 Å². The summed E-state index contributed by atoms with van der Waals surface area (Å²) in [5, 5.41) is 16.2. The Morgan fingerprint density at radius 1 is 1.30 bits per heavy atom. The molecule has 0 aromatic heterocycles. The van der Waals surface area contributed by atoms with Crippen LogP contribution in [0.25, 0.3) is 0 Å². The van der Waals surface area contributed by atoms with Crippen molar-refractivity contribution in [3.8, 4) is 0 Å². The summed E-state index contributed by atoms with van der Waals surface area (Å²) >= 11 is 1.64. The lowest BCUT2D eigenvalue weighted by atomic mass is 9.86. The van der Waals surface area contributed by atoms with E-state index in [-0.39, 0.29) is 12.1 Å². The first kappa shape index (κ1) is 17.6. The standard InChI is InChI=1S/C14H28N2O3S/c1-13(2,3)19-12(17)16-11-6-10(7-11)15-8-14(4,18)9-20-5/h10-11,15,18H,6-9H2,1-5H3,(H,16,17). The van der Waals surface area contributed by atoms with E-state index < -0.39 is 11.2 Å². The molecule has 118 valence electrons. The molecule has 1 rings (SSSR count). The minimum atomic E-state index is -0.677. The molecule has 0 spiro atoms. The molecule has 0 bridgehead atoms. The Labute approximate surface area is 126 Å². The van der Waals surface area contributed by atoms with Crippen molar-refractivity contribution in [2.24, 2.45) is 0 Å². The molecular formula is C14H28N2O3S. The molecule has 1 fully saturated rings. The highest BCUT2D eigenvalue weighted by Crippen LogP contribution is 2.21. The maximum atomic E-state index is 11.6. The lowest BCUT2D eigenvalue weighted by Gasteiger charge is -2.38. The van der Waals surface area contributed by atoms with Crippen molar-refractivity contribution in [2.45, 2.75) is 63.8 Å². The van der Waals surface area contributed by atoms with E-state index in [0.717, 1.165) is 12.8 Å². The second-order valence-electron chi connectivity index (χ2n) is 6.82. The Morgan fingerprint density at radius 3 is 2.40 bits per heavy atom. The Hall–Kier alpha value is -0.460. The lowest BCUT2D eigenvalue weighted by molar-refractivity contribution is 0.0442. The summed E-state index contributed by atoms with van der Waals surface area (Å²) in [6.45, 7) is 7.98. The van der Waals surface area contributed by atoms with Crippen LogP contribution < -0.4 is 10.6 Å². The number of aliphatic hydroxyl groups is 1. The molecule has 0 aromatic carbocycles. The van der Waals surface area contributed by atoms with Crippen molar-refractivity contribution in [1.29, 1.82) is 0 Å². The van der Waals surface area contributed by atoms with Gasteiger partial charge < -0.3 is 20.5 Å². The number of thioether (sulfide) groups is 1. The van der Waals surface area contributed by atoms with Gasteiger partial charge in [-0.3, -0.25) is 0 Å². The monoisotopic (exact) mass is 304 g/mol. The van der Waals surface area contributed by atoms with Crippen LogP contribution in [0.3, 0.4) is 0 Å². The number of alkyl carbamates (subject to hydrolysis) is 1. The fraction of sp³-hybridized carbons (Fsp3) is 0.929. The number of hydrogen-bond acceptors (Lipinski definition) is 5. The molecule has 0 aromatic rings. The van der Waals surface area contributed by atoms with E-state index in [1.165, 1.54) is 0 Å². The second-order valence-corrected chi connectivity index (χ2v) is 7.69. The summed E-state index contributed by atoms with van der Waals surface area (Å²) in [7, 11) is 0. The van der Waals surface area contributed by atoms with E-state index in [1.54, 1.807) is 11.8 Å². The number of carbonyl (C=O) groups is 1. The highest BCUT2D eigenvalue weighted by atomic mass is 32.2. The quantitative estimate of drug-likeness (QED) is 0.697. The summed E-state index contributed by atoms with van der Waals surface area (Å²) in [6, 6.07) is 0.538. The van der Waals surface area contributed by atoms with Crippen LogP contribution in [0.1, 0.15) is 40.5 Å². The number of rotatable bonds is 6. The molecule has 1 amide bonds. The van der Waals surface area contributed by atoms with Crippen LogP contribution in [0.4, 0.5) is 4.79 Å². The highest BCUT2D eigenvalue weighted by Gasteiger charge is 2.32. The van der Waals surface area contributed by atoms with Crippen molar-refractivity contribution < 1.29 is 14.6 Å². The van der Waals surface area contributed by atoms with Crippen LogP contribution in [0, 0.1) is 0 Å². The summed E-state index contributed by atoms with van der Waals surface area (Å²) in [4.78, 5) is 11.6. The largest absolute Gasteiger partial charge is 0.444 e. The van der Waals surface area contributed by atoms with Crippen LogP contribution >= 0.6 is 11.8 Å². The SMILES string of the molecule is CSCC(C)(O)CNC1CC(NC(=O)OC(C)(C)C)C1. The van der Waals surface area contributed by atoms with Gasteiger partial charge in [0.2, 0.25) is 0 Å². The van der Waals surface area contributed by atoms with E-state index in [1.807, 2.05) is 34.0 Å². The molecule has 1 aliphatic rings. The van der Waals surface area contributed by atoms with Crippen molar-refractivity contribution in [2.75, 3.05) is 18.6 Å². The van der Waals surface area contributed by atoms with Crippen molar-refractivity contribution in [3.05, 3.63) is 0 Å². The molecule has 5 nitrogen and oxygen atoms in total. The zero-order valence-corrected chi connectivity index (χ0v) is 14.0. The first-order chi connectivity index (χ1) is 9.11. The first-order valence-electron chi connectivity index (χ1n) is 7.05. The van der Waals surface area contributed by atoms with Crippen LogP contribution in [0.2, 0.25) is 0 Å². The molecule has 20 heavy (non-hydrogen) atoms. The third-order valence-corrected chi connectivity index (χ3v) is 4.00. The predicted molar refractivity (Wildman–Crippen MR) is 83.2 cm³/mol. The van der Waals surface area contributed by atoms with Gasteiger partial charge in [-0.1, -0.05) is 0 Å². The van der Waals surface area contributed by atoms with E-state index in [4.69, 9.17) is 4.74 Å². The number of ether oxygens (including phenoxy) is 1. The Kier molecular flexibility index (Phi) is 6.16. The van der Waals surface area contributed by atoms with Crippen molar-refractivity contribution >= 4 is 17.9 Å². The molecular weight excluding hydrogens is 276 g/mol. The van der Waals surface area contributed by atoms with Crippen LogP contribution in [0.5, 0.6) is 0 Å². The summed E-state index contributed by atoms with van der Waals surface area (Å²) in [5.41, 5.74) is -1.13. The molecule has 3 N–H and O–H groups in total. The number of carbonyl (C=O) groups excluding carboxylic acids is 1. The van der Waals surface area contributed by atoms with Crippen molar-refractivity contribution in [3.63, 3.8) is 0 Å². The lowest BCUT2D eigenvalue weighted by Crippen LogP contribution is -2.55. The first-order valence-corrected chi connectivity index (χ1v) is 8.45. The van der Waals surface area contributed by atoms with Gasteiger partial charge in [-0.2, -0.15) is 11.8 Å². The molecule has 6 heteroatoms. The van der Waals surface area contributed by atoms with Gasteiger partial charge >= 0.3 is 6.09 Å². The number of nitrogens with one attached hydrogen (secondary N) is 2. The fourth-order valence-corrected chi connectivity index (χ4v) is 2.83. The number of hydrogen-bond donors (Lipinski definition) is 3. The minimum Gasteiger partial charge on any atom is -0.444 e. The second kappa shape index (κ2) is 7.00. The Balaban J connectivity index is 2.16. The maximum Gasteiger partial charge on any atom is 0.407 e. The zero-order chi connectivity index (χ0) is 15.4. The van der Waals surface area contributed by atoms with E-state index in [2.05, 4.69) is 10.6 Å². The number of amides is 1. The molecule has 1 aliphatic carbocycles. The maximum absolute atomic E-state index is 11.6. The van der Waals surface area contributed by atoms with Gasteiger partial charge in [0.25, 0.3) is 0 Å². The van der Waals surface area contributed by atoms with Gasteiger partial charge in [0.1, 0.15) is 5.60 Å². The van der Waals surface area contributed by atoms with Gasteiger partial charge in [0.05, 0.1) is 5.60 Å². The Morgan fingerprint density at radius 2 is 1.90 bits per heavy atom. The normalized spacial score (nSPS) is 25.5. The van der Waals surface area contributed by atoms with Gasteiger partial charge in [-0.25, -0.2) is 4.79 Å². The topological polar surface area (TPSA) is 70.6 Å². The van der Waals surface area contributed by atoms with Gasteiger partial charge in [0.15, 0.2) is 0 Å². The molecule has 0 aliphatic heterocycles. The average Bonchev–Trinajstić information content (AvgIpc) is 2.18. The van der Waals surface area contributed by atoms with E-state index in [0.29, 0.717) is 18.3 Å². The third-order valence-electron chi connectivity index (χ3n) is 3.09.